The summed E-state index contributed by atoms with van der Waals surface area (Å²) in [6.07, 6.45) is 14.3. The van der Waals surface area contributed by atoms with Gasteiger partial charge < -0.3 is 0 Å². The summed E-state index contributed by atoms with van der Waals surface area (Å²) in [7, 11) is 0. The third-order valence-electron chi connectivity index (χ3n) is 6.04. The second-order valence-corrected chi connectivity index (χ2v) is 8.30. The Morgan fingerprint density at radius 1 is 0.897 bits per heavy atom. The number of hydrogen-bond acceptors (Lipinski definition) is 0. The molecule has 2 aromatic rings. The van der Waals surface area contributed by atoms with Gasteiger partial charge >= 0.3 is 0 Å². The molecular weight excluding hydrogens is 348 g/mol. The van der Waals surface area contributed by atoms with Gasteiger partial charge in [-0.15, -0.1) is 0 Å². The van der Waals surface area contributed by atoms with Crippen LogP contribution in [0.4, 0.5) is 0 Å². The van der Waals surface area contributed by atoms with Gasteiger partial charge in [0.2, 0.25) is 0 Å². The average molecular weight is 383 g/mol. The van der Waals surface area contributed by atoms with Crippen molar-refractivity contribution >= 4 is 5.57 Å². The molecule has 0 bridgehead atoms. The van der Waals surface area contributed by atoms with E-state index >= 15 is 0 Å². The second kappa shape index (κ2) is 10.3. The molecule has 0 amide bonds. The first-order valence-electron chi connectivity index (χ1n) is 11.3. The molecule has 1 aliphatic carbocycles. The highest BCUT2D eigenvalue weighted by Gasteiger charge is 2.32. The largest absolute Gasteiger partial charge is 0.0863 e. The van der Waals surface area contributed by atoms with Gasteiger partial charge in [-0.1, -0.05) is 119 Å². The van der Waals surface area contributed by atoms with E-state index in [0.29, 0.717) is 5.92 Å². The molecule has 0 spiro atoms. The summed E-state index contributed by atoms with van der Waals surface area (Å²) in [6, 6.07) is 19.5. The van der Waals surface area contributed by atoms with Crippen LogP contribution in [0, 0.1) is 23.2 Å². The van der Waals surface area contributed by atoms with Crippen LogP contribution in [0.1, 0.15) is 69.6 Å². The summed E-state index contributed by atoms with van der Waals surface area (Å²) < 4.78 is 0. The van der Waals surface area contributed by atoms with Gasteiger partial charge in [-0.05, 0) is 47.6 Å². The van der Waals surface area contributed by atoms with Crippen molar-refractivity contribution < 1.29 is 0 Å². The first-order valence-corrected chi connectivity index (χ1v) is 11.3. The maximum absolute atomic E-state index is 3.70. The molecule has 0 aliphatic heterocycles. The molecule has 0 saturated heterocycles. The molecule has 2 unspecified atom stereocenters. The Labute approximate surface area is 177 Å². The highest BCUT2D eigenvalue weighted by Crippen LogP contribution is 2.41. The molecule has 150 valence electrons. The lowest BCUT2D eigenvalue weighted by atomic mass is 9.69. The molecule has 0 heterocycles. The van der Waals surface area contributed by atoms with Gasteiger partial charge in [0.15, 0.2) is 0 Å². The lowest BCUT2D eigenvalue weighted by Crippen LogP contribution is -2.26. The van der Waals surface area contributed by atoms with E-state index < -0.39 is 0 Å². The number of allylic oxidation sites excluding steroid dienone is 4. The standard InChI is InChI=1S/C29H34/c1-4-6-10-20-29(21-18-26-16-14-25(11-5-2)15-17-26)22-19-28(23-24(29)3)27-12-8-7-9-13-27/h7-9,12-17,19,22-24H,4-6,10-11,20H2,1-3H3. The number of unbranched alkanes of at least 4 members (excludes halogenated alkanes) is 2. The molecule has 0 fully saturated rings. The van der Waals surface area contributed by atoms with Crippen molar-refractivity contribution in [3.8, 4) is 11.8 Å². The van der Waals surface area contributed by atoms with Crippen LogP contribution >= 0.6 is 0 Å². The van der Waals surface area contributed by atoms with Crippen LogP contribution in [0.2, 0.25) is 0 Å². The van der Waals surface area contributed by atoms with Gasteiger partial charge in [0, 0.05) is 5.56 Å². The molecule has 3 rings (SSSR count). The molecule has 2 aromatic carbocycles. The van der Waals surface area contributed by atoms with E-state index in [4.69, 9.17) is 0 Å². The quantitative estimate of drug-likeness (QED) is 0.338. The third-order valence-corrected chi connectivity index (χ3v) is 6.04. The van der Waals surface area contributed by atoms with E-state index in [1.54, 1.807) is 0 Å². The minimum Gasteiger partial charge on any atom is -0.0863 e. The minimum absolute atomic E-state index is 0.0739. The van der Waals surface area contributed by atoms with Gasteiger partial charge in [-0.2, -0.15) is 0 Å². The van der Waals surface area contributed by atoms with Crippen molar-refractivity contribution in [3.63, 3.8) is 0 Å². The molecular formula is C29H34. The van der Waals surface area contributed by atoms with Gasteiger partial charge in [0.05, 0.1) is 5.41 Å². The Morgan fingerprint density at radius 2 is 1.66 bits per heavy atom. The number of hydrogen-bond donors (Lipinski definition) is 0. The van der Waals surface area contributed by atoms with Gasteiger partial charge in [-0.3, -0.25) is 0 Å². The zero-order valence-corrected chi connectivity index (χ0v) is 18.2. The van der Waals surface area contributed by atoms with Crippen LogP contribution in [0.25, 0.3) is 5.57 Å². The Morgan fingerprint density at radius 3 is 2.31 bits per heavy atom. The molecule has 0 heteroatoms. The van der Waals surface area contributed by atoms with Gasteiger partial charge in [-0.25, -0.2) is 0 Å². The second-order valence-electron chi connectivity index (χ2n) is 8.30. The summed E-state index contributed by atoms with van der Waals surface area (Å²) in [4.78, 5) is 0. The van der Waals surface area contributed by atoms with E-state index in [-0.39, 0.29) is 5.41 Å². The fourth-order valence-corrected chi connectivity index (χ4v) is 4.12. The summed E-state index contributed by atoms with van der Waals surface area (Å²) in [5, 5.41) is 0. The number of aryl methyl sites for hydroxylation is 1. The fraction of sp³-hybridized carbons (Fsp3) is 0.379. The van der Waals surface area contributed by atoms with Crippen molar-refractivity contribution in [2.75, 3.05) is 0 Å². The van der Waals surface area contributed by atoms with Crippen molar-refractivity contribution in [1.82, 2.24) is 0 Å². The maximum atomic E-state index is 3.70. The normalized spacial score (nSPS) is 20.7. The molecule has 0 radical (unpaired) electrons. The summed E-state index contributed by atoms with van der Waals surface area (Å²) in [5.74, 6) is 7.60. The average Bonchev–Trinajstić information content (AvgIpc) is 2.76. The van der Waals surface area contributed by atoms with E-state index in [1.807, 2.05) is 0 Å². The monoisotopic (exact) mass is 382 g/mol. The third kappa shape index (κ3) is 5.51. The SMILES string of the molecule is CCCCCC1(C#Cc2ccc(CCC)cc2)C=CC(c2ccccc2)=CC1C. The first-order chi connectivity index (χ1) is 14.2. The molecule has 2 atom stereocenters. The molecule has 0 saturated carbocycles. The van der Waals surface area contributed by atoms with Crippen LogP contribution in [0.3, 0.4) is 0 Å². The van der Waals surface area contributed by atoms with Crippen molar-refractivity contribution in [2.24, 2.45) is 11.3 Å². The van der Waals surface area contributed by atoms with Crippen LogP contribution in [0.15, 0.2) is 72.8 Å². The lowest BCUT2D eigenvalue weighted by Gasteiger charge is -2.33. The lowest BCUT2D eigenvalue weighted by molar-refractivity contribution is 0.352. The predicted octanol–water partition coefficient (Wildman–Crippen LogP) is 7.85. The zero-order chi connectivity index (χ0) is 20.5. The fourth-order valence-electron chi connectivity index (χ4n) is 4.12. The van der Waals surface area contributed by atoms with Crippen LogP contribution < -0.4 is 0 Å². The topological polar surface area (TPSA) is 0 Å². The van der Waals surface area contributed by atoms with Crippen molar-refractivity contribution in [3.05, 3.63) is 89.5 Å². The van der Waals surface area contributed by atoms with Gasteiger partial charge in [0.25, 0.3) is 0 Å². The summed E-state index contributed by atoms with van der Waals surface area (Å²) >= 11 is 0. The van der Waals surface area contributed by atoms with E-state index in [0.717, 1.165) is 18.4 Å². The van der Waals surface area contributed by atoms with Gasteiger partial charge in [0.1, 0.15) is 0 Å². The minimum atomic E-state index is -0.0739. The van der Waals surface area contributed by atoms with E-state index in [1.165, 1.54) is 42.4 Å². The predicted molar refractivity (Wildman–Crippen MR) is 127 cm³/mol. The van der Waals surface area contributed by atoms with E-state index in [9.17, 15) is 0 Å². The Bertz CT molecular complexity index is 887. The molecule has 0 N–H and O–H groups in total. The van der Waals surface area contributed by atoms with Crippen LogP contribution in [0.5, 0.6) is 0 Å². The smallest absolute Gasteiger partial charge is 0.0560 e. The summed E-state index contributed by atoms with van der Waals surface area (Å²) in [5.41, 5.74) is 5.05. The highest BCUT2D eigenvalue weighted by atomic mass is 14.3. The van der Waals surface area contributed by atoms with Crippen molar-refractivity contribution in [2.45, 2.75) is 59.3 Å². The first kappa shape index (κ1) is 21.2. The Kier molecular flexibility index (Phi) is 7.54. The molecule has 0 aromatic heterocycles. The van der Waals surface area contributed by atoms with Crippen molar-refractivity contribution in [1.29, 1.82) is 0 Å². The highest BCUT2D eigenvalue weighted by molar-refractivity contribution is 5.76. The zero-order valence-electron chi connectivity index (χ0n) is 18.2. The van der Waals surface area contributed by atoms with Crippen LogP contribution in [-0.4, -0.2) is 0 Å². The Balaban J connectivity index is 1.86. The number of benzene rings is 2. The molecule has 1 aliphatic rings. The number of rotatable bonds is 7. The van der Waals surface area contributed by atoms with Crippen LogP contribution in [-0.2, 0) is 6.42 Å². The summed E-state index contributed by atoms with van der Waals surface area (Å²) in [6.45, 7) is 6.82. The molecule has 29 heavy (non-hydrogen) atoms. The molecule has 0 nitrogen and oxygen atoms in total. The maximum Gasteiger partial charge on any atom is 0.0560 e. The van der Waals surface area contributed by atoms with E-state index in [2.05, 4.69) is 105 Å². The Hall–Kier alpha value is -2.52.